The summed E-state index contributed by atoms with van der Waals surface area (Å²) in [6, 6.07) is 4.10. The van der Waals surface area contributed by atoms with Gasteiger partial charge in [0, 0.05) is 19.1 Å². The third-order valence-electron chi connectivity index (χ3n) is 2.94. The minimum Gasteiger partial charge on any atom is -0.444 e. The van der Waals surface area contributed by atoms with Gasteiger partial charge in [-0.1, -0.05) is 0 Å². The summed E-state index contributed by atoms with van der Waals surface area (Å²) < 4.78 is 6.19. The molecule has 0 saturated carbocycles. The fourth-order valence-electron chi connectivity index (χ4n) is 2.07. The molecule has 0 spiro atoms. The normalized spacial score (nSPS) is 19.0. The van der Waals surface area contributed by atoms with E-state index in [1.54, 1.807) is 11.1 Å². The number of hydrogen-bond donors (Lipinski definition) is 1. The van der Waals surface area contributed by atoms with Gasteiger partial charge in [-0.3, -0.25) is 0 Å². The lowest BCUT2D eigenvalue weighted by molar-refractivity contribution is 0.0293. The average molecular weight is 342 g/mol. The molecule has 0 bridgehead atoms. The zero-order valence-corrected chi connectivity index (χ0v) is 13.6. The smallest absolute Gasteiger partial charge is 0.410 e. The highest BCUT2D eigenvalue weighted by atomic mass is 79.9. The predicted molar refractivity (Wildman–Crippen MR) is 81.8 cm³/mol. The number of aromatic nitrogens is 1. The van der Waals surface area contributed by atoms with Gasteiger partial charge in [0.1, 0.15) is 10.2 Å². The second kappa shape index (κ2) is 5.99. The molecule has 1 saturated heterocycles. The molecule has 1 aliphatic heterocycles. The predicted octanol–water partition coefficient (Wildman–Crippen LogP) is 3.27. The van der Waals surface area contributed by atoms with Gasteiger partial charge in [-0.05, 0) is 55.3 Å². The number of carbonyl (C=O) groups excluding carboxylic acids is 1. The van der Waals surface area contributed by atoms with Crippen molar-refractivity contribution in [2.45, 2.75) is 38.8 Å². The van der Waals surface area contributed by atoms with Crippen LogP contribution in [0.4, 0.5) is 10.5 Å². The van der Waals surface area contributed by atoms with E-state index < -0.39 is 5.60 Å². The Labute approximate surface area is 127 Å². The highest BCUT2D eigenvalue weighted by molar-refractivity contribution is 9.10. The summed E-state index contributed by atoms with van der Waals surface area (Å²) >= 11 is 3.31. The maximum atomic E-state index is 12.0. The van der Waals surface area contributed by atoms with Crippen molar-refractivity contribution in [1.82, 2.24) is 9.88 Å². The van der Waals surface area contributed by atoms with Crippen molar-refractivity contribution in [3.8, 4) is 0 Å². The number of rotatable bonds is 2. The van der Waals surface area contributed by atoms with Gasteiger partial charge in [-0.2, -0.15) is 0 Å². The molecule has 1 atom stereocenters. The number of halogens is 1. The lowest BCUT2D eigenvalue weighted by Crippen LogP contribution is -2.36. The molecule has 110 valence electrons. The summed E-state index contributed by atoms with van der Waals surface area (Å²) in [5.41, 5.74) is 0.516. The van der Waals surface area contributed by atoms with Crippen LogP contribution in [0.25, 0.3) is 0 Å². The second-order valence-electron chi connectivity index (χ2n) is 5.93. The van der Waals surface area contributed by atoms with Crippen LogP contribution in [0.15, 0.2) is 22.9 Å². The zero-order valence-electron chi connectivity index (χ0n) is 12.0. The van der Waals surface area contributed by atoms with Gasteiger partial charge in [0.25, 0.3) is 0 Å². The van der Waals surface area contributed by atoms with Crippen molar-refractivity contribution < 1.29 is 9.53 Å². The van der Waals surface area contributed by atoms with Crippen molar-refractivity contribution in [1.29, 1.82) is 0 Å². The van der Waals surface area contributed by atoms with E-state index in [2.05, 4.69) is 26.2 Å². The van der Waals surface area contributed by atoms with Crippen molar-refractivity contribution in [3.63, 3.8) is 0 Å². The Hall–Kier alpha value is -1.30. The van der Waals surface area contributed by atoms with Crippen LogP contribution in [0, 0.1) is 0 Å². The van der Waals surface area contributed by atoms with E-state index in [0.29, 0.717) is 6.54 Å². The Balaban J connectivity index is 1.86. The number of nitrogens with zero attached hydrogens (tertiary/aromatic N) is 2. The molecule has 0 aromatic carbocycles. The molecule has 1 amide bonds. The minimum atomic E-state index is -0.446. The van der Waals surface area contributed by atoms with Crippen LogP contribution in [-0.4, -0.2) is 40.7 Å². The van der Waals surface area contributed by atoms with E-state index in [1.165, 1.54) is 0 Å². The zero-order chi connectivity index (χ0) is 14.8. The van der Waals surface area contributed by atoms with Crippen LogP contribution < -0.4 is 5.32 Å². The fourth-order valence-corrected chi connectivity index (χ4v) is 2.30. The number of hydrogen-bond acceptors (Lipinski definition) is 4. The lowest BCUT2D eigenvalue weighted by atomic mass is 10.2. The Kier molecular flexibility index (Phi) is 4.52. The summed E-state index contributed by atoms with van der Waals surface area (Å²) in [4.78, 5) is 17.9. The summed E-state index contributed by atoms with van der Waals surface area (Å²) in [5, 5.41) is 3.38. The molecule has 1 aromatic rings. The molecule has 0 radical (unpaired) electrons. The Morgan fingerprint density at radius 2 is 2.25 bits per heavy atom. The number of nitrogens with one attached hydrogen (secondary N) is 1. The molecule has 2 heterocycles. The van der Waals surface area contributed by atoms with Crippen LogP contribution in [0.3, 0.4) is 0 Å². The van der Waals surface area contributed by atoms with Gasteiger partial charge in [-0.15, -0.1) is 0 Å². The number of anilines is 1. The van der Waals surface area contributed by atoms with Crippen LogP contribution in [0.1, 0.15) is 27.2 Å². The molecule has 2 rings (SSSR count). The number of amides is 1. The third-order valence-corrected chi connectivity index (χ3v) is 3.41. The van der Waals surface area contributed by atoms with Gasteiger partial charge in [0.2, 0.25) is 0 Å². The largest absolute Gasteiger partial charge is 0.444 e. The van der Waals surface area contributed by atoms with E-state index in [9.17, 15) is 4.79 Å². The number of likely N-dealkylation sites (tertiary alicyclic amines) is 1. The number of ether oxygens (including phenoxy) is 1. The SMILES string of the molecule is CC(C)(C)OC(=O)N1CCC(Nc2ccc(Br)nc2)C1. The first kappa shape index (κ1) is 15.1. The monoisotopic (exact) mass is 341 g/mol. The average Bonchev–Trinajstić information content (AvgIpc) is 2.79. The summed E-state index contributed by atoms with van der Waals surface area (Å²) in [6.45, 7) is 7.01. The Bertz CT molecular complexity index is 470. The quantitative estimate of drug-likeness (QED) is 0.838. The van der Waals surface area contributed by atoms with Gasteiger partial charge in [0.05, 0.1) is 11.9 Å². The molecule has 1 aromatic heterocycles. The summed E-state index contributed by atoms with van der Waals surface area (Å²) in [5.74, 6) is 0. The molecular formula is C14H20BrN3O2. The van der Waals surface area contributed by atoms with E-state index in [1.807, 2.05) is 32.9 Å². The molecule has 0 aliphatic carbocycles. The summed E-state index contributed by atoms with van der Waals surface area (Å²) in [7, 11) is 0. The highest BCUT2D eigenvalue weighted by Crippen LogP contribution is 2.19. The minimum absolute atomic E-state index is 0.240. The van der Waals surface area contributed by atoms with Gasteiger partial charge < -0.3 is 15.0 Å². The highest BCUT2D eigenvalue weighted by Gasteiger charge is 2.29. The van der Waals surface area contributed by atoms with Gasteiger partial charge >= 0.3 is 6.09 Å². The van der Waals surface area contributed by atoms with Gasteiger partial charge in [0.15, 0.2) is 0 Å². The maximum Gasteiger partial charge on any atom is 0.410 e. The first-order valence-corrected chi connectivity index (χ1v) is 7.49. The molecule has 20 heavy (non-hydrogen) atoms. The van der Waals surface area contributed by atoms with E-state index in [4.69, 9.17) is 4.74 Å². The van der Waals surface area contributed by atoms with Crippen molar-refractivity contribution in [2.24, 2.45) is 0 Å². The van der Waals surface area contributed by atoms with Crippen LogP contribution >= 0.6 is 15.9 Å². The first-order chi connectivity index (χ1) is 9.33. The molecule has 6 heteroatoms. The molecule has 1 aliphatic rings. The molecule has 1 N–H and O–H groups in total. The number of carbonyl (C=O) groups is 1. The molecule has 1 unspecified atom stereocenters. The van der Waals surface area contributed by atoms with Crippen molar-refractivity contribution in [2.75, 3.05) is 18.4 Å². The van der Waals surface area contributed by atoms with E-state index in [-0.39, 0.29) is 12.1 Å². The first-order valence-electron chi connectivity index (χ1n) is 6.69. The second-order valence-corrected chi connectivity index (χ2v) is 6.74. The van der Waals surface area contributed by atoms with E-state index >= 15 is 0 Å². The molecular weight excluding hydrogens is 322 g/mol. The summed E-state index contributed by atoms with van der Waals surface area (Å²) in [6.07, 6.45) is 2.45. The molecule has 5 nitrogen and oxygen atoms in total. The number of pyridine rings is 1. The molecule has 1 fully saturated rings. The third kappa shape index (κ3) is 4.37. The Morgan fingerprint density at radius 3 is 2.85 bits per heavy atom. The van der Waals surface area contributed by atoms with Crippen molar-refractivity contribution >= 4 is 27.7 Å². The van der Waals surface area contributed by atoms with Crippen LogP contribution in [0.2, 0.25) is 0 Å². The van der Waals surface area contributed by atoms with E-state index in [0.717, 1.165) is 23.3 Å². The fraction of sp³-hybridized carbons (Fsp3) is 0.571. The topological polar surface area (TPSA) is 54.5 Å². The van der Waals surface area contributed by atoms with Crippen LogP contribution in [-0.2, 0) is 4.74 Å². The lowest BCUT2D eigenvalue weighted by Gasteiger charge is -2.24. The van der Waals surface area contributed by atoms with Crippen LogP contribution in [0.5, 0.6) is 0 Å². The van der Waals surface area contributed by atoms with Gasteiger partial charge in [-0.25, -0.2) is 9.78 Å². The standard InChI is InChI=1S/C14H20BrN3O2/c1-14(2,3)20-13(19)18-7-6-11(9-18)17-10-4-5-12(15)16-8-10/h4-5,8,11,17H,6-7,9H2,1-3H3. The van der Waals surface area contributed by atoms with Crippen molar-refractivity contribution in [3.05, 3.63) is 22.9 Å². The maximum absolute atomic E-state index is 12.0. The Morgan fingerprint density at radius 1 is 1.50 bits per heavy atom.